The molecule has 0 radical (unpaired) electrons. The summed E-state index contributed by atoms with van der Waals surface area (Å²) in [6.45, 7) is 0. The van der Waals surface area contributed by atoms with Crippen molar-refractivity contribution in [1.29, 1.82) is 0 Å². The highest BCUT2D eigenvalue weighted by molar-refractivity contribution is 6.45. The van der Waals surface area contributed by atoms with Gasteiger partial charge in [-0.1, -0.05) is 46.4 Å². The van der Waals surface area contributed by atoms with Crippen LogP contribution < -0.4 is 10.6 Å². The van der Waals surface area contributed by atoms with E-state index in [1.54, 1.807) is 6.07 Å². The zero-order valence-electron chi connectivity index (χ0n) is 10.8. The second-order valence-electron chi connectivity index (χ2n) is 4.16. The monoisotopic (exact) mass is 376 g/mol. The summed E-state index contributed by atoms with van der Waals surface area (Å²) in [6, 6.07) is 8.97. The molecule has 2 N–H and O–H groups in total. The van der Waals surface area contributed by atoms with Crippen molar-refractivity contribution in [2.75, 3.05) is 10.6 Å². The first-order chi connectivity index (χ1) is 10.4. The molecular formula is C14H8Cl4N2O2. The van der Waals surface area contributed by atoms with Crippen molar-refractivity contribution in [3.8, 4) is 0 Å². The molecule has 0 aliphatic rings. The molecule has 0 spiro atoms. The predicted molar refractivity (Wildman–Crippen MR) is 90.2 cm³/mol. The van der Waals surface area contributed by atoms with E-state index >= 15 is 0 Å². The lowest BCUT2D eigenvalue weighted by Crippen LogP contribution is -2.29. The quantitative estimate of drug-likeness (QED) is 0.733. The maximum Gasteiger partial charge on any atom is 0.314 e. The van der Waals surface area contributed by atoms with Crippen LogP contribution in [0.5, 0.6) is 0 Å². The molecule has 4 nitrogen and oxygen atoms in total. The molecule has 22 heavy (non-hydrogen) atoms. The van der Waals surface area contributed by atoms with Crippen molar-refractivity contribution in [3.05, 3.63) is 56.5 Å². The van der Waals surface area contributed by atoms with Gasteiger partial charge in [0.2, 0.25) is 0 Å². The molecule has 0 unspecified atom stereocenters. The highest BCUT2D eigenvalue weighted by Gasteiger charge is 2.16. The molecule has 0 aliphatic carbocycles. The third kappa shape index (κ3) is 4.27. The Hall–Kier alpha value is -1.46. The van der Waals surface area contributed by atoms with E-state index in [9.17, 15) is 9.59 Å². The van der Waals surface area contributed by atoms with Gasteiger partial charge in [0.25, 0.3) is 0 Å². The fourth-order valence-electron chi connectivity index (χ4n) is 1.53. The minimum atomic E-state index is -0.893. The first-order valence-electron chi connectivity index (χ1n) is 5.89. The number of hydrogen-bond donors (Lipinski definition) is 2. The van der Waals surface area contributed by atoms with Crippen molar-refractivity contribution in [2.24, 2.45) is 0 Å². The van der Waals surface area contributed by atoms with Crippen LogP contribution in [0.15, 0.2) is 36.4 Å². The Labute approximate surface area is 146 Å². The van der Waals surface area contributed by atoms with E-state index in [0.717, 1.165) is 0 Å². The van der Waals surface area contributed by atoms with Gasteiger partial charge in [0.05, 0.1) is 20.8 Å². The molecule has 8 heteroatoms. The van der Waals surface area contributed by atoms with Gasteiger partial charge in [-0.2, -0.15) is 0 Å². The summed E-state index contributed by atoms with van der Waals surface area (Å²) in [7, 11) is 0. The summed E-state index contributed by atoms with van der Waals surface area (Å²) in [6.07, 6.45) is 0. The second kappa shape index (κ2) is 7.20. The molecule has 0 saturated carbocycles. The average molecular weight is 378 g/mol. The van der Waals surface area contributed by atoms with Crippen LogP contribution in [0.4, 0.5) is 11.4 Å². The summed E-state index contributed by atoms with van der Waals surface area (Å²) in [4.78, 5) is 23.7. The van der Waals surface area contributed by atoms with Crippen molar-refractivity contribution >= 4 is 69.6 Å². The van der Waals surface area contributed by atoms with Gasteiger partial charge in [-0.15, -0.1) is 0 Å². The number of halogens is 4. The molecule has 114 valence electrons. The maximum atomic E-state index is 11.8. The smallest absolute Gasteiger partial charge is 0.314 e. The molecule has 0 aromatic heterocycles. The lowest BCUT2D eigenvalue weighted by Gasteiger charge is -2.09. The molecule has 2 aromatic carbocycles. The second-order valence-corrected chi connectivity index (χ2v) is 5.82. The molecule has 0 atom stereocenters. The Kier molecular flexibility index (Phi) is 5.53. The third-order valence-corrected chi connectivity index (χ3v) is 3.86. The topological polar surface area (TPSA) is 58.2 Å². The number of rotatable bonds is 2. The van der Waals surface area contributed by atoms with E-state index in [1.165, 1.54) is 30.3 Å². The minimum absolute atomic E-state index is 0.239. The van der Waals surface area contributed by atoms with Crippen LogP contribution in [0, 0.1) is 0 Å². The van der Waals surface area contributed by atoms with E-state index in [4.69, 9.17) is 46.4 Å². The number of amides is 2. The van der Waals surface area contributed by atoms with Gasteiger partial charge in [0.15, 0.2) is 0 Å². The normalized spacial score (nSPS) is 10.2. The summed E-state index contributed by atoms with van der Waals surface area (Å²) < 4.78 is 0. The first-order valence-corrected chi connectivity index (χ1v) is 7.40. The number of hydrogen-bond acceptors (Lipinski definition) is 2. The van der Waals surface area contributed by atoms with Crippen LogP contribution in [-0.2, 0) is 9.59 Å². The predicted octanol–water partition coefficient (Wildman–Crippen LogP) is 4.88. The number of benzene rings is 2. The Morgan fingerprint density at radius 1 is 0.727 bits per heavy atom. The zero-order valence-corrected chi connectivity index (χ0v) is 13.8. The van der Waals surface area contributed by atoms with Gasteiger partial charge >= 0.3 is 11.8 Å². The van der Waals surface area contributed by atoms with Gasteiger partial charge in [-0.05, 0) is 36.4 Å². The summed E-state index contributed by atoms with van der Waals surface area (Å²) >= 11 is 23.3. The van der Waals surface area contributed by atoms with Gasteiger partial charge in [-0.3, -0.25) is 9.59 Å². The lowest BCUT2D eigenvalue weighted by atomic mass is 10.3. The van der Waals surface area contributed by atoms with Gasteiger partial charge in [0, 0.05) is 10.7 Å². The lowest BCUT2D eigenvalue weighted by molar-refractivity contribution is -0.132. The fourth-order valence-corrected chi connectivity index (χ4v) is 2.17. The van der Waals surface area contributed by atoms with E-state index in [2.05, 4.69) is 10.6 Å². The van der Waals surface area contributed by atoms with Gasteiger partial charge < -0.3 is 10.6 Å². The first kappa shape index (κ1) is 16.9. The summed E-state index contributed by atoms with van der Waals surface area (Å²) in [5.74, 6) is -1.77. The largest absolute Gasteiger partial charge is 0.318 e. The molecule has 0 fully saturated rings. The fraction of sp³-hybridized carbons (Fsp3) is 0. The van der Waals surface area contributed by atoms with Crippen molar-refractivity contribution in [3.63, 3.8) is 0 Å². The number of carbonyl (C=O) groups excluding carboxylic acids is 2. The molecular weight excluding hydrogens is 370 g/mol. The van der Waals surface area contributed by atoms with E-state index in [-0.39, 0.29) is 15.7 Å². The van der Waals surface area contributed by atoms with Gasteiger partial charge in [-0.25, -0.2) is 0 Å². The third-order valence-electron chi connectivity index (χ3n) is 2.56. The number of anilines is 2. The van der Waals surface area contributed by atoms with Crippen molar-refractivity contribution < 1.29 is 9.59 Å². The molecule has 0 bridgehead atoms. The van der Waals surface area contributed by atoms with E-state index < -0.39 is 11.8 Å². The Morgan fingerprint density at radius 3 is 2.05 bits per heavy atom. The van der Waals surface area contributed by atoms with E-state index in [1.807, 2.05) is 0 Å². The van der Waals surface area contributed by atoms with Crippen LogP contribution in [-0.4, -0.2) is 11.8 Å². The molecule has 0 heterocycles. The SMILES string of the molecule is O=C(Nc1ccc(Cl)c(Cl)c1)C(=O)Nc1cc(Cl)ccc1Cl. The van der Waals surface area contributed by atoms with Crippen LogP contribution in [0.2, 0.25) is 20.1 Å². The average Bonchev–Trinajstić information content (AvgIpc) is 2.46. The van der Waals surface area contributed by atoms with Crippen molar-refractivity contribution in [1.82, 2.24) is 0 Å². The number of carbonyl (C=O) groups is 2. The highest BCUT2D eigenvalue weighted by Crippen LogP contribution is 2.26. The van der Waals surface area contributed by atoms with Gasteiger partial charge in [0.1, 0.15) is 0 Å². The van der Waals surface area contributed by atoms with Crippen LogP contribution >= 0.6 is 46.4 Å². The van der Waals surface area contributed by atoms with Crippen LogP contribution in [0.1, 0.15) is 0 Å². The number of nitrogens with one attached hydrogen (secondary N) is 2. The Morgan fingerprint density at radius 2 is 1.36 bits per heavy atom. The summed E-state index contributed by atoms with van der Waals surface area (Å²) in [5, 5.41) is 6.01. The van der Waals surface area contributed by atoms with Crippen molar-refractivity contribution in [2.45, 2.75) is 0 Å². The standard InChI is InChI=1S/C14H8Cl4N2O2/c15-7-1-3-10(17)12(5-7)20-14(22)13(21)19-8-2-4-9(16)11(18)6-8/h1-6H,(H,19,21)(H,20,22). The molecule has 2 aromatic rings. The Balaban J connectivity index is 2.07. The zero-order chi connectivity index (χ0) is 16.3. The van der Waals surface area contributed by atoms with Crippen LogP contribution in [0.3, 0.4) is 0 Å². The van der Waals surface area contributed by atoms with E-state index in [0.29, 0.717) is 15.7 Å². The minimum Gasteiger partial charge on any atom is -0.318 e. The van der Waals surface area contributed by atoms with Crippen LogP contribution in [0.25, 0.3) is 0 Å². The molecule has 0 saturated heterocycles. The molecule has 2 amide bonds. The molecule has 2 rings (SSSR count). The molecule has 0 aliphatic heterocycles. The maximum absolute atomic E-state index is 11.8. The Bertz CT molecular complexity index is 750. The highest BCUT2D eigenvalue weighted by atomic mass is 35.5. The summed E-state index contributed by atoms with van der Waals surface area (Å²) in [5.41, 5.74) is 0.579.